The second-order valence-corrected chi connectivity index (χ2v) is 4.63. The molecule has 3 aromatic rings. The third-order valence-electron chi connectivity index (χ3n) is 3.30. The molecule has 2 aromatic heterocycles. The van der Waals surface area contributed by atoms with E-state index in [9.17, 15) is 9.90 Å². The van der Waals surface area contributed by atoms with E-state index < -0.39 is 5.97 Å². The quantitative estimate of drug-likeness (QED) is 0.775. The molecule has 0 fully saturated rings. The van der Waals surface area contributed by atoms with Crippen LogP contribution < -0.4 is 0 Å². The van der Waals surface area contributed by atoms with Gasteiger partial charge in [-0.15, -0.1) is 0 Å². The summed E-state index contributed by atoms with van der Waals surface area (Å²) in [4.78, 5) is 15.6. The third kappa shape index (κ3) is 1.84. The predicted octanol–water partition coefficient (Wildman–Crippen LogP) is 2.71. The van der Waals surface area contributed by atoms with Gasteiger partial charge >= 0.3 is 5.97 Å². The molecule has 0 bridgehead atoms. The summed E-state index contributed by atoms with van der Waals surface area (Å²) in [5.74, 6) is -0.980. The zero-order valence-electron chi connectivity index (χ0n) is 11.2. The zero-order chi connectivity index (χ0) is 14.3. The molecule has 0 aliphatic heterocycles. The van der Waals surface area contributed by atoms with Crippen molar-refractivity contribution in [2.24, 2.45) is 0 Å². The zero-order valence-corrected chi connectivity index (χ0v) is 11.2. The van der Waals surface area contributed by atoms with Crippen LogP contribution >= 0.6 is 0 Å². The van der Waals surface area contributed by atoms with Crippen LogP contribution in [0.4, 0.5) is 0 Å². The molecule has 3 rings (SSSR count). The Morgan fingerprint density at radius 2 is 1.90 bits per heavy atom. The SMILES string of the molecule is Cc1nc2cc(-c3ccccc3)nn2c(C)c1C(=O)O. The maximum absolute atomic E-state index is 11.3. The molecule has 0 radical (unpaired) electrons. The molecule has 0 spiro atoms. The summed E-state index contributed by atoms with van der Waals surface area (Å²) in [6.07, 6.45) is 0. The molecule has 0 unspecified atom stereocenters. The van der Waals surface area contributed by atoms with E-state index in [1.165, 1.54) is 0 Å². The van der Waals surface area contributed by atoms with Crippen molar-refractivity contribution in [3.05, 3.63) is 53.3 Å². The van der Waals surface area contributed by atoms with Gasteiger partial charge in [-0.1, -0.05) is 30.3 Å². The minimum Gasteiger partial charge on any atom is -0.478 e. The maximum Gasteiger partial charge on any atom is 0.339 e. The highest BCUT2D eigenvalue weighted by molar-refractivity contribution is 5.90. The number of aromatic nitrogens is 3. The Morgan fingerprint density at radius 3 is 2.55 bits per heavy atom. The van der Waals surface area contributed by atoms with E-state index in [1.807, 2.05) is 36.4 Å². The van der Waals surface area contributed by atoms with E-state index in [1.54, 1.807) is 18.4 Å². The molecule has 5 heteroatoms. The summed E-state index contributed by atoms with van der Waals surface area (Å²) in [5.41, 5.74) is 3.71. The summed E-state index contributed by atoms with van der Waals surface area (Å²) in [7, 11) is 0. The third-order valence-corrected chi connectivity index (χ3v) is 3.30. The van der Waals surface area contributed by atoms with Crippen molar-refractivity contribution in [3.63, 3.8) is 0 Å². The summed E-state index contributed by atoms with van der Waals surface area (Å²) in [6.45, 7) is 3.44. The Labute approximate surface area is 115 Å². The fraction of sp³-hybridized carbons (Fsp3) is 0.133. The second kappa shape index (κ2) is 4.45. The fourth-order valence-electron chi connectivity index (χ4n) is 2.35. The van der Waals surface area contributed by atoms with Gasteiger partial charge in [0.05, 0.1) is 17.1 Å². The number of benzene rings is 1. The number of hydrogen-bond acceptors (Lipinski definition) is 3. The highest BCUT2D eigenvalue weighted by Crippen LogP contribution is 2.21. The number of nitrogens with zero attached hydrogens (tertiary/aromatic N) is 3. The molecule has 1 N–H and O–H groups in total. The first-order valence-corrected chi connectivity index (χ1v) is 6.23. The molecular formula is C15H13N3O2. The smallest absolute Gasteiger partial charge is 0.339 e. The van der Waals surface area contributed by atoms with Crippen molar-refractivity contribution < 1.29 is 9.90 Å². The summed E-state index contributed by atoms with van der Waals surface area (Å²) in [5, 5.41) is 13.7. The van der Waals surface area contributed by atoms with E-state index >= 15 is 0 Å². The van der Waals surface area contributed by atoms with Gasteiger partial charge in [-0.2, -0.15) is 5.10 Å². The van der Waals surface area contributed by atoms with Gasteiger partial charge in [-0.05, 0) is 13.8 Å². The fourth-order valence-corrected chi connectivity index (χ4v) is 2.35. The summed E-state index contributed by atoms with van der Waals surface area (Å²) in [6, 6.07) is 11.6. The van der Waals surface area contributed by atoms with E-state index in [4.69, 9.17) is 0 Å². The van der Waals surface area contributed by atoms with Crippen LogP contribution in [0.5, 0.6) is 0 Å². The lowest BCUT2D eigenvalue weighted by molar-refractivity contribution is 0.0694. The number of fused-ring (bicyclic) bond motifs is 1. The topological polar surface area (TPSA) is 67.5 Å². The Morgan fingerprint density at radius 1 is 1.20 bits per heavy atom. The van der Waals surface area contributed by atoms with Crippen molar-refractivity contribution >= 4 is 11.6 Å². The predicted molar refractivity (Wildman–Crippen MR) is 74.9 cm³/mol. The van der Waals surface area contributed by atoms with Gasteiger partial charge in [0.1, 0.15) is 5.56 Å². The van der Waals surface area contributed by atoms with Gasteiger partial charge in [0, 0.05) is 11.6 Å². The Hall–Kier alpha value is -2.69. The summed E-state index contributed by atoms with van der Waals surface area (Å²) >= 11 is 0. The van der Waals surface area contributed by atoms with Crippen LogP contribution in [0.2, 0.25) is 0 Å². The Bertz CT molecular complexity index is 807. The first-order valence-electron chi connectivity index (χ1n) is 6.23. The first kappa shape index (κ1) is 12.3. The normalized spacial score (nSPS) is 10.9. The van der Waals surface area contributed by atoms with E-state index in [-0.39, 0.29) is 5.56 Å². The molecule has 100 valence electrons. The van der Waals surface area contributed by atoms with Crippen molar-refractivity contribution in [3.8, 4) is 11.3 Å². The lowest BCUT2D eigenvalue weighted by atomic mass is 10.1. The average Bonchev–Trinajstić information content (AvgIpc) is 2.83. The largest absolute Gasteiger partial charge is 0.478 e. The van der Waals surface area contributed by atoms with Crippen molar-refractivity contribution in [1.82, 2.24) is 14.6 Å². The number of carbonyl (C=O) groups is 1. The molecule has 5 nitrogen and oxygen atoms in total. The lowest BCUT2D eigenvalue weighted by Crippen LogP contribution is -2.10. The van der Waals surface area contributed by atoms with Gasteiger partial charge in [0.25, 0.3) is 0 Å². The van der Waals surface area contributed by atoms with Gasteiger partial charge in [-0.3, -0.25) is 0 Å². The minimum absolute atomic E-state index is 0.209. The van der Waals surface area contributed by atoms with Crippen LogP contribution in [0.15, 0.2) is 36.4 Å². The van der Waals surface area contributed by atoms with Crippen LogP contribution in [-0.4, -0.2) is 25.7 Å². The van der Waals surface area contributed by atoms with Crippen LogP contribution in [0, 0.1) is 13.8 Å². The van der Waals surface area contributed by atoms with Crippen LogP contribution in [0.3, 0.4) is 0 Å². The maximum atomic E-state index is 11.3. The number of carboxylic acids is 1. The molecule has 0 aliphatic carbocycles. The van der Waals surface area contributed by atoms with Crippen LogP contribution in [0.1, 0.15) is 21.7 Å². The number of aromatic carboxylic acids is 1. The second-order valence-electron chi connectivity index (χ2n) is 4.63. The van der Waals surface area contributed by atoms with Gasteiger partial charge in [0.15, 0.2) is 5.65 Å². The molecular weight excluding hydrogens is 254 g/mol. The van der Waals surface area contributed by atoms with E-state index in [0.29, 0.717) is 17.0 Å². The molecule has 1 aromatic carbocycles. The molecule has 20 heavy (non-hydrogen) atoms. The molecule has 0 amide bonds. The molecule has 0 atom stereocenters. The van der Waals surface area contributed by atoms with Gasteiger partial charge in [0.2, 0.25) is 0 Å². The number of aryl methyl sites for hydroxylation is 2. The van der Waals surface area contributed by atoms with Crippen molar-refractivity contribution in [2.75, 3.05) is 0 Å². The number of hydrogen-bond donors (Lipinski definition) is 1. The summed E-state index contributed by atoms with van der Waals surface area (Å²) < 4.78 is 1.58. The molecule has 0 aliphatic rings. The molecule has 2 heterocycles. The van der Waals surface area contributed by atoms with Crippen molar-refractivity contribution in [1.29, 1.82) is 0 Å². The first-order chi connectivity index (χ1) is 9.58. The molecule has 0 saturated heterocycles. The van der Waals surface area contributed by atoms with Crippen LogP contribution in [-0.2, 0) is 0 Å². The average molecular weight is 267 g/mol. The van der Waals surface area contributed by atoms with E-state index in [0.717, 1.165) is 11.3 Å². The Kier molecular flexibility index (Phi) is 2.75. The molecule has 0 saturated carbocycles. The Balaban J connectivity index is 2.27. The standard InChI is InChI=1S/C15H13N3O2/c1-9-14(15(19)20)10(2)18-13(16-9)8-12(17-18)11-6-4-3-5-7-11/h3-8H,1-2H3,(H,19,20). The van der Waals surface area contributed by atoms with Crippen LogP contribution in [0.25, 0.3) is 16.9 Å². The highest BCUT2D eigenvalue weighted by atomic mass is 16.4. The van der Waals surface area contributed by atoms with Gasteiger partial charge < -0.3 is 5.11 Å². The lowest BCUT2D eigenvalue weighted by Gasteiger charge is -2.06. The minimum atomic E-state index is -0.980. The number of rotatable bonds is 2. The number of carboxylic acid groups (broad SMARTS) is 1. The monoisotopic (exact) mass is 267 g/mol. The van der Waals surface area contributed by atoms with Gasteiger partial charge in [-0.25, -0.2) is 14.3 Å². The van der Waals surface area contributed by atoms with Crippen molar-refractivity contribution in [2.45, 2.75) is 13.8 Å². The van der Waals surface area contributed by atoms with E-state index in [2.05, 4.69) is 10.1 Å². The highest BCUT2D eigenvalue weighted by Gasteiger charge is 2.17.